The number of nitrogens with one attached hydrogen (secondary N) is 2. The third-order valence-electron chi connectivity index (χ3n) is 3.53. The molecule has 0 aromatic carbocycles. The molecular formula is C10H20N2. The van der Waals surface area contributed by atoms with Crippen molar-refractivity contribution in [2.24, 2.45) is 5.92 Å². The summed E-state index contributed by atoms with van der Waals surface area (Å²) in [5.74, 6) is 0.802. The molecule has 1 saturated carbocycles. The molecule has 1 spiro atoms. The minimum atomic E-state index is 0.303. The van der Waals surface area contributed by atoms with Crippen molar-refractivity contribution in [1.29, 1.82) is 0 Å². The summed E-state index contributed by atoms with van der Waals surface area (Å²) in [6, 6.07) is 0.658. The first-order valence-corrected chi connectivity index (χ1v) is 5.26. The number of hydrogen-bond donors (Lipinski definition) is 2. The SMILES string of the molecule is C[C@H]1CN[C@@]2(CCCC[C@@H]2C)N1. The van der Waals surface area contributed by atoms with Gasteiger partial charge < -0.3 is 0 Å². The van der Waals surface area contributed by atoms with Crippen LogP contribution in [0.3, 0.4) is 0 Å². The fourth-order valence-corrected chi connectivity index (χ4v) is 2.70. The molecule has 0 amide bonds. The summed E-state index contributed by atoms with van der Waals surface area (Å²) >= 11 is 0. The third kappa shape index (κ3) is 1.27. The van der Waals surface area contributed by atoms with E-state index in [1.165, 1.54) is 25.7 Å². The highest BCUT2D eigenvalue weighted by Crippen LogP contribution is 2.33. The molecule has 0 radical (unpaired) electrons. The Morgan fingerprint density at radius 3 is 2.67 bits per heavy atom. The van der Waals surface area contributed by atoms with Crippen LogP contribution in [0.2, 0.25) is 0 Å². The summed E-state index contributed by atoms with van der Waals surface area (Å²) in [6.07, 6.45) is 5.50. The van der Waals surface area contributed by atoms with Gasteiger partial charge in [-0.25, -0.2) is 0 Å². The highest BCUT2D eigenvalue weighted by atomic mass is 15.3. The molecule has 2 heteroatoms. The summed E-state index contributed by atoms with van der Waals surface area (Å²) in [7, 11) is 0. The maximum Gasteiger partial charge on any atom is 0.0716 e. The van der Waals surface area contributed by atoms with Crippen molar-refractivity contribution in [3.05, 3.63) is 0 Å². The van der Waals surface area contributed by atoms with E-state index in [4.69, 9.17) is 0 Å². The van der Waals surface area contributed by atoms with Gasteiger partial charge in [-0.3, -0.25) is 10.6 Å². The van der Waals surface area contributed by atoms with Gasteiger partial charge in [0.1, 0.15) is 0 Å². The van der Waals surface area contributed by atoms with E-state index in [-0.39, 0.29) is 0 Å². The maximum atomic E-state index is 3.71. The largest absolute Gasteiger partial charge is 0.298 e. The Balaban J connectivity index is 2.07. The van der Waals surface area contributed by atoms with Crippen molar-refractivity contribution >= 4 is 0 Å². The van der Waals surface area contributed by atoms with Crippen LogP contribution in [0.15, 0.2) is 0 Å². The summed E-state index contributed by atoms with van der Waals surface area (Å²) in [5, 5.41) is 7.37. The first kappa shape index (κ1) is 8.52. The lowest BCUT2D eigenvalue weighted by molar-refractivity contribution is 0.150. The monoisotopic (exact) mass is 168 g/mol. The molecule has 2 rings (SSSR count). The van der Waals surface area contributed by atoms with Crippen molar-refractivity contribution in [2.75, 3.05) is 6.54 Å². The lowest BCUT2D eigenvalue weighted by Gasteiger charge is -2.40. The summed E-state index contributed by atoms with van der Waals surface area (Å²) < 4.78 is 0. The van der Waals surface area contributed by atoms with Crippen LogP contribution in [0.4, 0.5) is 0 Å². The molecule has 2 nitrogen and oxygen atoms in total. The van der Waals surface area contributed by atoms with E-state index in [2.05, 4.69) is 24.5 Å². The van der Waals surface area contributed by atoms with E-state index in [9.17, 15) is 0 Å². The molecule has 1 saturated heterocycles. The van der Waals surface area contributed by atoms with E-state index in [0.29, 0.717) is 11.7 Å². The summed E-state index contributed by atoms with van der Waals surface area (Å²) in [5.41, 5.74) is 0.303. The number of hydrogen-bond acceptors (Lipinski definition) is 2. The summed E-state index contributed by atoms with van der Waals surface area (Å²) in [6.45, 7) is 5.78. The van der Waals surface area contributed by atoms with E-state index in [0.717, 1.165) is 12.5 Å². The lowest BCUT2D eigenvalue weighted by Crippen LogP contribution is -2.56. The Morgan fingerprint density at radius 2 is 2.08 bits per heavy atom. The quantitative estimate of drug-likeness (QED) is 0.572. The molecule has 2 fully saturated rings. The predicted molar refractivity (Wildman–Crippen MR) is 51.0 cm³/mol. The molecule has 12 heavy (non-hydrogen) atoms. The Labute approximate surface area is 75.1 Å². The van der Waals surface area contributed by atoms with Crippen LogP contribution in [-0.2, 0) is 0 Å². The first-order chi connectivity index (χ1) is 5.73. The Morgan fingerprint density at radius 1 is 1.25 bits per heavy atom. The van der Waals surface area contributed by atoms with Crippen LogP contribution >= 0.6 is 0 Å². The molecule has 1 heterocycles. The maximum absolute atomic E-state index is 3.71. The van der Waals surface area contributed by atoms with Gasteiger partial charge in [0, 0.05) is 12.6 Å². The van der Waals surface area contributed by atoms with E-state index in [1.54, 1.807) is 0 Å². The van der Waals surface area contributed by atoms with Gasteiger partial charge in [-0.1, -0.05) is 19.8 Å². The molecular weight excluding hydrogens is 148 g/mol. The zero-order chi connectivity index (χ0) is 8.60. The minimum absolute atomic E-state index is 0.303. The zero-order valence-electron chi connectivity index (χ0n) is 8.19. The minimum Gasteiger partial charge on any atom is -0.298 e. The molecule has 3 atom stereocenters. The van der Waals surface area contributed by atoms with Crippen molar-refractivity contribution in [3.63, 3.8) is 0 Å². The molecule has 0 aromatic heterocycles. The summed E-state index contributed by atoms with van der Waals surface area (Å²) in [4.78, 5) is 0. The van der Waals surface area contributed by atoms with Gasteiger partial charge in [0.15, 0.2) is 0 Å². The standard InChI is InChI=1S/C10H20N2/c1-8-5-3-4-6-10(8)11-7-9(2)12-10/h8-9,11-12H,3-7H2,1-2H3/t8-,9-,10-/m0/s1. The Hall–Kier alpha value is -0.0800. The molecule has 0 unspecified atom stereocenters. The Bertz CT molecular complexity index is 165. The second kappa shape index (κ2) is 3.00. The first-order valence-electron chi connectivity index (χ1n) is 5.26. The normalized spacial score (nSPS) is 48.5. The topological polar surface area (TPSA) is 24.1 Å². The zero-order valence-corrected chi connectivity index (χ0v) is 8.19. The molecule has 2 N–H and O–H groups in total. The van der Waals surface area contributed by atoms with Crippen molar-refractivity contribution in [1.82, 2.24) is 10.6 Å². The lowest BCUT2D eigenvalue weighted by atomic mass is 9.80. The van der Waals surface area contributed by atoms with Gasteiger partial charge in [-0.2, -0.15) is 0 Å². The second-order valence-electron chi connectivity index (χ2n) is 4.54. The van der Waals surface area contributed by atoms with Crippen LogP contribution < -0.4 is 10.6 Å². The van der Waals surface area contributed by atoms with E-state index < -0.39 is 0 Å². The third-order valence-corrected chi connectivity index (χ3v) is 3.53. The predicted octanol–water partition coefficient (Wildman–Crippen LogP) is 1.47. The van der Waals surface area contributed by atoms with Crippen molar-refractivity contribution in [3.8, 4) is 0 Å². The molecule has 0 bridgehead atoms. The van der Waals surface area contributed by atoms with Gasteiger partial charge in [-0.05, 0) is 25.7 Å². The van der Waals surface area contributed by atoms with E-state index >= 15 is 0 Å². The molecule has 2 aliphatic rings. The van der Waals surface area contributed by atoms with Crippen LogP contribution in [0, 0.1) is 5.92 Å². The van der Waals surface area contributed by atoms with Gasteiger partial charge in [0.25, 0.3) is 0 Å². The highest BCUT2D eigenvalue weighted by Gasteiger charge is 2.41. The van der Waals surface area contributed by atoms with Gasteiger partial charge in [0.05, 0.1) is 5.66 Å². The number of rotatable bonds is 0. The smallest absolute Gasteiger partial charge is 0.0716 e. The van der Waals surface area contributed by atoms with Crippen LogP contribution in [0.5, 0.6) is 0 Å². The fraction of sp³-hybridized carbons (Fsp3) is 1.00. The average Bonchev–Trinajstić information content (AvgIpc) is 2.41. The van der Waals surface area contributed by atoms with Gasteiger partial charge in [0.2, 0.25) is 0 Å². The van der Waals surface area contributed by atoms with Crippen LogP contribution in [0.1, 0.15) is 39.5 Å². The second-order valence-corrected chi connectivity index (χ2v) is 4.54. The van der Waals surface area contributed by atoms with Crippen molar-refractivity contribution < 1.29 is 0 Å². The van der Waals surface area contributed by atoms with Gasteiger partial charge in [-0.15, -0.1) is 0 Å². The molecule has 1 aliphatic carbocycles. The molecule has 70 valence electrons. The van der Waals surface area contributed by atoms with Crippen molar-refractivity contribution in [2.45, 2.75) is 51.2 Å². The average molecular weight is 168 g/mol. The Kier molecular flexibility index (Phi) is 2.13. The van der Waals surface area contributed by atoms with E-state index in [1.807, 2.05) is 0 Å². The molecule has 1 aliphatic heterocycles. The van der Waals surface area contributed by atoms with Gasteiger partial charge >= 0.3 is 0 Å². The fourth-order valence-electron chi connectivity index (χ4n) is 2.70. The highest BCUT2D eigenvalue weighted by molar-refractivity contribution is 4.99. The molecule has 0 aromatic rings. The van der Waals surface area contributed by atoms with Crippen LogP contribution in [0.25, 0.3) is 0 Å². The van der Waals surface area contributed by atoms with Crippen LogP contribution in [-0.4, -0.2) is 18.2 Å².